The van der Waals surface area contributed by atoms with Crippen LogP contribution in [0.25, 0.3) is 0 Å². The summed E-state index contributed by atoms with van der Waals surface area (Å²) in [6, 6.07) is 0. The highest BCUT2D eigenvalue weighted by Crippen LogP contribution is 1.96. The van der Waals surface area contributed by atoms with Gasteiger partial charge in [-0.1, -0.05) is 6.92 Å². The molecule has 1 rings (SSSR count). The van der Waals surface area contributed by atoms with Crippen molar-refractivity contribution in [3.05, 3.63) is 11.6 Å². The molecule has 7 heteroatoms. The normalized spacial score (nSPS) is 10.1. The number of primary amides is 1. The number of aromatic nitrogens is 3. The van der Waals surface area contributed by atoms with E-state index in [0.717, 1.165) is 12.8 Å². The summed E-state index contributed by atoms with van der Waals surface area (Å²) in [5.41, 5.74) is 4.93. The van der Waals surface area contributed by atoms with Crippen molar-refractivity contribution >= 4 is 11.8 Å². The third-order valence-corrected chi connectivity index (χ3v) is 1.88. The van der Waals surface area contributed by atoms with Crippen LogP contribution in [0.15, 0.2) is 0 Å². The monoisotopic (exact) mass is 225 g/mol. The van der Waals surface area contributed by atoms with Crippen LogP contribution in [0.1, 0.15) is 36.2 Å². The number of aromatic amines is 1. The Hall–Kier alpha value is -1.92. The maximum Gasteiger partial charge on any atom is 0.290 e. The van der Waals surface area contributed by atoms with Gasteiger partial charge in [-0.15, -0.1) is 5.10 Å². The predicted molar refractivity (Wildman–Crippen MR) is 56.5 cm³/mol. The van der Waals surface area contributed by atoms with Crippen LogP contribution in [0, 0.1) is 0 Å². The smallest absolute Gasteiger partial charge is 0.290 e. The molecule has 0 aliphatic carbocycles. The van der Waals surface area contributed by atoms with Crippen LogP contribution in [0.2, 0.25) is 0 Å². The second kappa shape index (κ2) is 5.84. The van der Waals surface area contributed by atoms with E-state index in [0.29, 0.717) is 5.82 Å². The number of nitrogens with zero attached hydrogens (tertiary/aromatic N) is 2. The topological polar surface area (TPSA) is 114 Å². The van der Waals surface area contributed by atoms with Crippen molar-refractivity contribution in [1.29, 1.82) is 0 Å². The van der Waals surface area contributed by atoms with E-state index in [1.54, 1.807) is 0 Å². The summed E-state index contributed by atoms with van der Waals surface area (Å²) >= 11 is 0. The van der Waals surface area contributed by atoms with Crippen LogP contribution in [0.5, 0.6) is 0 Å². The average Bonchev–Trinajstić information content (AvgIpc) is 2.66. The first-order chi connectivity index (χ1) is 7.63. The van der Waals surface area contributed by atoms with Crippen molar-refractivity contribution < 1.29 is 9.59 Å². The molecule has 0 unspecified atom stereocenters. The van der Waals surface area contributed by atoms with E-state index in [4.69, 9.17) is 5.73 Å². The lowest BCUT2D eigenvalue weighted by molar-refractivity contribution is -0.117. The van der Waals surface area contributed by atoms with E-state index in [1.807, 2.05) is 6.92 Å². The Labute approximate surface area is 92.8 Å². The molecule has 1 aromatic heterocycles. The van der Waals surface area contributed by atoms with Crippen LogP contribution in [-0.4, -0.2) is 33.5 Å². The van der Waals surface area contributed by atoms with Gasteiger partial charge < -0.3 is 11.1 Å². The van der Waals surface area contributed by atoms with Crippen LogP contribution in [0.4, 0.5) is 0 Å². The van der Waals surface area contributed by atoms with Gasteiger partial charge >= 0.3 is 0 Å². The largest absolute Gasteiger partial charge is 0.370 e. The van der Waals surface area contributed by atoms with Gasteiger partial charge in [0.2, 0.25) is 11.7 Å². The Morgan fingerprint density at radius 1 is 1.50 bits per heavy atom. The Balaban J connectivity index is 2.43. The standard InChI is InChI=1S/C9H15N5O2/c1-2-3-7-12-8(14-13-7)9(16)11-5-4-6(10)15/h2-5H2,1H3,(H2,10,15)(H,11,16)(H,12,13,14). The highest BCUT2D eigenvalue weighted by molar-refractivity contribution is 5.90. The van der Waals surface area contributed by atoms with Crippen molar-refractivity contribution in [3.8, 4) is 0 Å². The fourth-order valence-electron chi connectivity index (χ4n) is 1.12. The lowest BCUT2D eigenvalue weighted by atomic mass is 10.3. The molecule has 2 amide bonds. The van der Waals surface area contributed by atoms with E-state index in [-0.39, 0.29) is 18.8 Å². The molecule has 0 atom stereocenters. The average molecular weight is 225 g/mol. The SMILES string of the molecule is CCCc1nc(C(=O)NCCC(N)=O)n[nH]1. The molecular weight excluding hydrogens is 210 g/mol. The second-order valence-corrected chi connectivity index (χ2v) is 3.33. The molecule has 88 valence electrons. The van der Waals surface area contributed by atoms with Crippen molar-refractivity contribution in [2.45, 2.75) is 26.2 Å². The molecule has 0 saturated heterocycles. The van der Waals surface area contributed by atoms with Crippen molar-refractivity contribution in [3.63, 3.8) is 0 Å². The van der Waals surface area contributed by atoms with Gasteiger partial charge in [0.25, 0.3) is 5.91 Å². The Kier molecular flexibility index (Phi) is 4.43. The van der Waals surface area contributed by atoms with Crippen LogP contribution < -0.4 is 11.1 Å². The number of aryl methyl sites for hydroxylation is 1. The summed E-state index contributed by atoms with van der Waals surface area (Å²) in [5, 5.41) is 8.94. The second-order valence-electron chi connectivity index (χ2n) is 3.33. The molecule has 0 aromatic carbocycles. The Morgan fingerprint density at radius 3 is 2.88 bits per heavy atom. The first-order valence-electron chi connectivity index (χ1n) is 5.11. The zero-order valence-electron chi connectivity index (χ0n) is 9.12. The van der Waals surface area contributed by atoms with E-state index in [2.05, 4.69) is 20.5 Å². The summed E-state index contributed by atoms with van der Waals surface area (Å²) in [6.07, 6.45) is 1.79. The molecule has 0 spiro atoms. The maximum absolute atomic E-state index is 11.4. The quantitative estimate of drug-likeness (QED) is 0.597. The molecule has 1 aromatic rings. The molecular formula is C9H15N5O2. The molecule has 0 fully saturated rings. The van der Waals surface area contributed by atoms with E-state index < -0.39 is 11.8 Å². The van der Waals surface area contributed by atoms with Crippen molar-refractivity contribution in [2.24, 2.45) is 5.73 Å². The Morgan fingerprint density at radius 2 is 2.25 bits per heavy atom. The van der Waals surface area contributed by atoms with Gasteiger partial charge in [0.15, 0.2) is 0 Å². The number of carbonyl (C=O) groups is 2. The van der Waals surface area contributed by atoms with Gasteiger partial charge in [0.1, 0.15) is 5.82 Å². The minimum absolute atomic E-state index is 0.0907. The number of nitrogens with one attached hydrogen (secondary N) is 2. The number of carbonyl (C=O) groups excluding carboxylic acids is 2. The molecule has 0 radical (unpaired) electrons. The zero-order chi connectivity index (χ0) is 12.0. The fourth-order valence-corrected chi connectivity index (χ4v) is 1.12. The first-order valence-corrected chi connectivity index (χ1v) is 5.11. The number of rotatable bonds is 6. The number of hydrogen-bond donors (Lipinski definition) is 3. The van der Waals surface area contributed by atoms with E-state index in [9.17, 15) is 9.59 Å². The molecule has 16 heavy (non-hydrogen) atoms. The summed E-state index contributed by atoms with van der Waals surface area (Å²) in [7, 11) is 0. The molecule has 0 aliphatic heterocycles. The Bertz CT molecular complexity index is 374. The van der Waals surface area contributed by atoms with Gasteiger partial charge in [0, 0.05) is 19.4 Å². The summed E-state index contributed by atoms with van der Waals surface area (Å²) < 4.78 is 0. The highest BCUT2D eigenvalue weighted by atomic mass is 16.2. The highest BCUT2D eigenvalue weighted by Gasteiger charge is 2.11. The van der Waals surface area contributed by atoms with Crippen LogP contribution >= 0.6 is 0 Å². The van der Waals surface area contributed by atoms with E-state index >= 15 is 0 Å². The molecule has 1 heterocycles. The molecule has 0 aliphatic rings. The van der Waals surface area contributed by atoms with Gasteiger partial charge in [-0.05, 0) is 6.42 Å². The van der Waals surface area contributed by atoms with Crippen molar-refractivity contribution in [2.75, 3.05) is 6.54 Å². The summed E-state index contributed by atoms with van der Waals surface area (Å²) in [6.45, 7) is 2.21. The molecule has 7 nitrogen and oxygen atoms in total. The van der Waals surface area contributed by atoms with Gasteiger partial charge in [-0.3, -0.25) is 14.7 Å². The third-order valence-electron chi connectivity index (χ3n) is 1.88. The zero-order valence-corrected chi connectivity index (χ0v) is 9.12. The van der Waals surface area contributed by atoms with Crippen molar-refractivity contribution in [1.82, 2.24) is 20.5 Å². The molecule has 4 N–H and O–H groups in total. The first kappa shape index (κ1) is 12.2. The van der Waals surface area contributed by atoms with Gasteiger partial charge in [-0.25, -0.2) is 4.98 Å². The number of H-pyrrole nitrogens is 1. The van der Waals surface area contributed by atoms with Gasteiger partial charge in [-0.2, -0.15) is 0 Å². The van der Waals surface area contributed by atoms with Gasteiger partial charge in [0.05, 0.1) is 0 Å². The number of hydrogen-bond acceptors (Lipinski definition) is 4. The fraction of sp³-hybridized carbons (Fsp3) is 0.556. The predicted octanol–water partition coefficient (Wildman–Crippen LogP) is -0.638. The third kappa shape index (κ3) is 3.68. The molecule has 0 bridgehead atoms. The number of amides is 2. The minimum Gasteiger partial charge on any atom is -0.370 e. The van der Waals surface area contributed by atoms with Crippen LogP contribution in [0.3, 0.4) is 0 Å². The lowest BCUT2D eigenvalue weighted by Gasteiger charge is -1.98. The molecule has 0 saturated carbocycles. The lowest BCUT2D eigenvalue weighted by Crippen LogP contribution is -2.28. The summed E-state index contributed by atoms with van der Waals surface area (Å²) in [5.74, 6) is -0.0858. The van der Waals surface area contributed by atoms with Crippen LogP contribution in [-0.2, 0) is 11.2 Å². The van der Waals surface area contributed by atoms with E-state index in [1.165, 1.54) is 0 Å². The number of nitrogens with two attached hydrogens (primary N) is 1. The maximum atomic E-state index is 11.4. The minimum atomic E-state index is -0.457. The summed E-state index contributed by atoms with van der Waals surface area (Å²) in [4.78, 5) is 25.9.